The third-order valence-electron chi connectivity index (χ3n) is 11.0. The molecular weight excluding hydrogens is 717 g/mol. The van der Waals surface area contributed by atoms with Gasteiger partial charge < -0.3 is 0 Å². The highest BCUT2D eigenvalue weighted by Gasteiger charge is 2.22. The first-order valence-electron chi connectivity index (χ1n) is 20.0. The Labute approximate surface area is 343 Å². The van der Waals surface area contributed by atoms with Gasteiger partial charge in [0.25, 0.3) is 0 Å². The topological polar surface area (TPSA) is 25.8 Å². The standard InChI is InChI=1S/C55H44N2Si/c1-58(2,3)45-33-43(46-28-16-18-30-48(46)52-37-56-54(41-24-12-6-13-25-41)35-50(52)39-20-8-4-9-21-39)32-44(34-45)47-29-17-19-31-49(47)53-38-57-55(42-26-14-7-15-27-42)36-51(53)40-22-10-5-11-23-40/h4-38H,1-3H3. The number of nitrogens with zero attached hydrogens (tertiary/aromatic N) is 2. The van der Waals surface area contributed by atoms with Crippen molar-refractivity contribution in [1.82, 2.24) is 9.97 Å². The highest BCUT2D eigenvalue weighted by Crippen LogP contribution is 2.43. The van der Waals surface area contributed by atoms with Crippen LogP contribution in [0.15, 0.2) is 213 Å². The Balaban J connectivity index is 1.23. The first-order valence-corrected chi connectivity index (χ1v) is 23.5. The Bertz CT molecular complexity index is 2660. The minimum atomic E-state index is -1.80. The van der Waals surface area contributed by atoms with Crippen LogP contribution in [0.4, 0.5) is 0 Å². The van der Waals surface area contributed by atoms with E-state index in [1.165, 1.54) is 38.6 Å². The van der Waals surface area contributed by atoms with Gasteiger partial charge in [0.15, 0.2) is 0 Å². The Morgan fingerprint density at radius 2 is 0.603 bits per heavy atom. The fourth-order valence-electron chi connectivity index (χ4n) is 7.90. The molecule has 0 aliphatic heterocycles. The molecule has 0 atom stereocenters. The summed E-state index contributed by atoms with van der Waals surface area (Å²) in [5, 5.41) is 1.41. The Kier molecular flexibility index (Phi) is 10.1. The van der Waals surface area contributed by atoms with Gasteiger partial charge in [0.05, 0.1) is 19.5 Å². The van der Waals surface area contributed by atoms with E-state index in [2.05, 4.69) is 220 Å². The van der Waals surface area contributed by atoms with E-state index in [1.807, 2.05) is 12.1 Å². The molecule has 2 nitrogen and oxygen atoms in total. The molecule has 0 N–H and O–H groups in total. The van der Waals surface area contributed by atoms with Gasteiger partial charge in [0.1, 0.15) is 0 Å². The van der Waals surface area contributed by atoms with Crippen molar-refractivity contribution in [3.63, 3.8) is 0 Å². The lowest BCUT2D eigenvalue weighted by atomic mass is 9.87. The Morgan fingerprint density at radius 1 is 0.276 bits per heavy atom. The van der Waals surface area contributed by atoms with Gasteiger partial charge in [-0.25, -0.2) is 0 Å². The van der Waals surface area contributed by atoms with E-state index in [0.717, 1.165) is 55.9 Å². The summed E-state index contributed by atoms with van der Waals surface area (Å²) in [6.07, 6.45) is 4.14. The van der Waals surface area contributed by atoms with Gasteiger partial charge in [-0.15, -0.1) is 0 Å². The largest absolute Gasteiger partial charge is 0.256 e. The Hall–Kier alpha value is -6.94. The summed E-state index contributed by atoms with van der Waals surface area (Å²) in [5.74, 6) is 0. The highest BCUT2D eigenvalue weighted by molar-refractivity contribution is 6.88. The fourth-order valence-corrected chi connectivity index (χ4v) is 9.07. The molecule has 9 rings (SSSR count). The van der Waals surface area contributed by atoms with Gasteiger partial charge in [0, 0.05) is 34.6 Å². The van der Waals surface area contributed by atoms with Crippen LogP contribution in [0.25, 0.3) is 89.3 Å². The second kappa shape index (κ2) is 15.9. The van der Waals surface area contributed by atoms with Crippen molar-refractivity contribution in [1.29, 1.82) is 0 Å². The molecule has 0 bridgehead atoms. The van der Waals surface area contributed by atoms with E-state index in [-0.39, 0.29) is 0 Å². The smallest absolute Gasteiger partial charge is 0.0776 e. The molecular formula is C55H44N2Si. The summed E-state index contributed by atoms with van der Waals surface area (Å²) < 4.78 is 0. The normalized spacial score (nSPS) is 11.4. The van der Waals surface area contributed by atoms with Crippen LogP contribution in [0.3, 0.4) is 0 Å². The summed E-state index contributed by atoms with van der Waals surface area (Å²) in [5.41, 5.74) is 18.1. The third-order valence-corrected chi connectivity index (χ3v) is 13.0. The van der Waals surface area contributed by atoms with Crippen LogP contribution in [0.2, 0.25) is 19.6 Å². The van der Waals surface area contributed by atoms with E-state index in [1.54, 1.807) is 0 Å². The maximum atomic E-state index is 5.07. The summed E-state index contributed by atoms with van der Waals surface area (Å²) in [6, 6.07) is 71.7. The molecule has 0 aliphatic rings. The molecule has 0 amide bonds. The number of hydrogen-bond acceptors (Lipinski definition) is 2. The van der Waals surface area contributed by atoms with Gasteiger partial charge in [-0.05, 0) is 73.8 Å². The molecule has 278 valence electrons. The molecule has 0 unspecified atom stereocenters. The van der Waals surface area contributed by atoms with Crippen LogP contribution in [-0.4, -0.2) is 18.0 Å². The average Bonchev–Trinajstić information content (AvgIpc) is 3.29. The molecule has 3 heteroatoms. The monoisotopic (exact) mass is 760 g/mol. The molecule has 2 heterocycles. The van der Waals surface area contributed by atoms with E-state index in [9.17, 15) is 0 Å². The van der Waals surface area contributed by atoms with Gasteiger partial charge >= 0.3 is 0 Å². The second-order valence-corrected chi connectivity index (χ2v) is 20.9. The quantitative estimate of drug-likeness (QED) is 0.137. The highest BCUT2D eigenvalue weighted by atomic mass is 28.3. The summed E-state index contributed by atoms with van der Waals surface area (Å²) in [4.78, 5) is 10.1. The predicted molar refractivity (Wildman–Crippen MR) is 248 cm³/mol. The van der Waals surface area contributed by atoms with Crippen molar-refractivity contribution >= 4 is 13.3 Å². The molecule has 7 aromatic carbocycles. The molecule has 0 spiro atoms. The molecule has 2 aromatic heterocycles. The Morgan fingerprint density at radius 3 is 0.966 bits per heavy atom. The first-order chi connectivity index (χ1) is 28.4. The minimum Gasteiger partial charge on any atom is -0.256 e. The van der Waals surface area contributed by atoms with Crippen LogP contribution >= 0.6 is 0 Å². The van der Waals surface area contributed by atoms with Crippen molar-refractivity contribution in [3.05, 3.63) is 213 Å². The molecule has 0 aliphatic carbocycles. The molecule has 0 saturated heterocycles. The van der Waals surface area contributed by atoms with Gasteiger partial charge in [-0.1, -0.05) is 207 Å². The maximum absolute atomic E-state index is 5.07. The number of hydrogen-bond donors (Lipinski definition) is 0. The van der Waals surface area contributed by atoms with Gasteiger partial charge in [-0.2, -0.15) is 0 Å². The van der Waals surface area contributed by atoms with Crippen LogP contribution < -0.4 is 5.19 Å². The van der Waals surface area contributed by atoms with E-state index in [4.69, 9.17) is 9.97 Å². The van der Waals surface area contributed by atoms with Crippen LogP contribution in [0.1, 0.15) is 0 Å². The van der Waals surface area contributed by atoms with Crippen molar-refractivity contribution < 1.29 is 0 Å². The maximum Gasteiger partial charge on any atom is 0.0776 e. The lowest BCUT2D eigenvalue weighted by Crippen LogP contribution is -2.37. The lowest BCUT2D eigenvalue weighted by molar-refractivity contribution is 1.32. The van der Waals surface area contributed by atoms with E-state index < -0.39 is 8.07 Å². The SMILES string of the molecule is C[Si](C)(C)c1cc(-c2ccccc2-c2cnc(-c3ccccc3)cc2-c2ccccc2)cc(-c2ccccc2-c2cnc(-c3ccccc3)cc2-c2ccccc2)c1. The zero-order chi connectivity index (χ0) is 39.5. The van der Waals surface area contributed by atoms with Crippen LogP contribution in [-0.2, 0) is 0 Å². The number of rotatable bonds is 9. The average molecular weight is 761 g/mol. The summed E-state index contributed by atoms with van der Waals surface area (Å²) in [6.45, 7) is 7.31. The minimum absolute atomic E-state index is 0.960. The predicted octanol–water partition coefficient (Wildman–Crippen LogP) is 14.4. The third kappa shape index (κ3) is 7.48. The summed E-state index contributed by atoms with van der Waals surface area (Å²) >= 11 is 0. The first kappa shape index (κ1) is 36.7. The molecule has 0 fully saturated rings. The summed E-state index contributed by atoms with van der Waals surface area (Å²) in [7, 11) is -1.80. The van der Waals surface area contributed by atoms with Crippen molar-refractivity contribution in [2.75, 3.05) is 0 Å². The zero-order valence-electron chi connectivity index (χ0n) is 33.1. The van der Waals surface area contributed by atoms with Crippen molar-refractivity contribution in [3.8, 4) is 89.3 Å². The van der Waals surface area contributed by atoms with E-state index in [0.29, 0.717) is 0 Å². The molecule has 0 radical (unpaired) electrons. The van der Waals surface area contributed by atoms with E-state index >= 15 is 0 Å². The van der Waals surface area contributed by atoms with Crippen molar-refractivity contribution in [2.45, 2.75) is 19.6 Å². The molecule has 58 heavy (non-hydrogen) atoms. The van der Waals surface area contributed by atoms with Crippen molar-refractivity contribution in [2.24, 2.45) is 0 Å². The zero-order valence-corrected chi connectivity index (χ0v) is 34.1. The van der Waals surface area contributed by atoms with Gasteiger partial charge in [-0.3, -0.25) is 9.97 Å². The van der Waals surface area contributed by atoms with Gasteiger partial charge in [0.2, 0.25) is 0 Å². The number of pyridine rings is 2. The van der Waals surface area contributed by atoms with Crippen LogP contribution in [0.5, 0.6) is 0 Å². The lowest BCUT2D eigenvalue weighted by Gasteiger charge is -2.22. The number of benzene rings is 7. The van der Waals surface area contributed by atoms with Crippen LogP contribution in [0, 0.1) is 0 Å². The molecule has 9 aromatic rings. The second-order valence-electron chi connectivity index (χ2n) is 15.8. The molecule has 0 saturated carbocycles. The number of aromatic nitrogens is 2. The fraction of sp³-hybridized carbons (Fsp3) is 0.0545.